The number of ether oxygens (including phenoxy) is 1. The zero-order chi connectivity index (χ0) is 13.0. The molecule has 0 aromatic carbocycles. The number of carbonyl (C=O) groups excluding carboxylic acids is 1. The summed E-state index contributed by atoms with van der Waals surface area (Å²) < 4.78 is 5.82. The topological polar surface area (TPSA) is 90.1 Å². The molecular weight excluding hydrogens is 300 g/mol. The highest BCUT2D eigenvalue weighted by Crippen LogP contribution is 2.38. The largest absolute Gasteiger partial charge is 0.370 e. The molecule has 0 spiro atoms. The summed E-state index contributed by atoms with van der Waals surface area (Å²) in [4.78, 5) is 19.2. The van der Waals surface area contributed by atoms with Gasteiger partial charge in [-0.15, -0.1) is 0 Å². The fourth-order valence-corrected chi connectivity index (χ4v) is 1.87. The van der Waals surface area contributed by atoms with E-state index in [4.69, 9.17) is 10.5 Å². The van der Waals surface area contributed by atoms with Gasteiger partial charge in [0.05, 0.1) is 6.61 Å². The predicted molar refractivity (Wildman–Crippen MR) is 70.2 cm³/mol. The standard InChI is InChI=1S/C11H15BrN4O2/c12-8-5-10(14-3-4-18-6-9(13)17)16-11(15-8)7-1-2-7/h5,7H,1-4,6H2,(H2,13,17)(H,14,15,16). The summed E-state index contributed by atoms with van der Waals surface area (Å²) in [6.07, 6.45) is 2.33. The Labute approximate surface area is 113 Å². The van der Waals surface area contributed by atoms with E-state index in [1.54, 1.807) is 0 Å². The summed E-state index contributed by atoms with van der Waals surface area (Å²) >= 11 is 3.37. The van der Waals surface area contributed by atoms with E-state index in [0.29, 0.717) is 19.1 Å². The number of primary amides is 1. The first kappa shape index (κ1) is 13.2. The molecule has 1 heterocycles. The first-order valence-corrected chi connectivity index (χ1v) is 6.59. The minimum Gasteiger partial charge on any atom is -0.370 e. The summed E-state index contributed by atoms with van der Waals surface area (Å²) in [5.74, 6) is 1.69. The summed E-state index contributed by atoms with van der Waals surface area (Å²) in [6.45, 7) is 0.923. The molecule has 7 heteroatoms. The molecule has 18 heavy (non-hydrogen) atoms. The van der Waals surface area contributed by atoms with Gasteiger partial charge >= 0.3 is 0 Å². The van der Waals surface area contributed by atoms with Crippen molar-refractivity contribution in [2.24, 2.45) is 5.73 Å². The summed E-state index contributed by atoms with van der Waals surface area (Å²) in [5.41, 5.74) is 4.95. The van der Waals surface area contributed by atoms with Gasteiger partial charge in [0.25, 0.3) is 0 Å². The smallest absolute Gasteiger partial charge is 0.243 e. The second-order valence-corrected chi connectivity index (χ2v) is 4.97. The van der Waals surface area contributed by atoms with Gasteiger partial charge < -0.3 is 15.8 Å². The highest BCUT2D eigenvalue weighted by atomic mass is 79.9. The molecule has 98 valence electrons. The number of hydrogen-bond acceptors (Lipinski definition) is 5. The van der Waals surface area contributed by atoms with Gasteiger partial charge in [-0.3, -0.25) is 4.79 Å². The molecule has 1 aliphatic carbocycles. The van der Waals surface area contributed by atoms with Crippen LogP contribution in [0.5, 0.6) is 0 Å². The molecule has 0 bridgehead atoms. The quantitative estimate of drug-likeness (QED) is 0.579. The highest BCUT2D eigenvalue weighted by molar-refractivity contribution is 9.10. The van der Waals surface area contributed by atoms with E-state index in [9.17, 15) is 4.79 Å². The molecule has 0 radical (unpaired) electrons. The molecule has 0 aliphatic heterocycles. The monoisotopic (exact) mass is 314 g/mol. The van der Waals surface area contributed by atoms with E-state index < -0.39 is 5.91 Å². The summed E-state index contributed by atoms with van der Waals surface area (Å²) in [5, 5.41) is 3.12. The van der Waals surface area contributed by atoms with Crippen molar-refractivity contribution in [3.8, 4) is 0 Å². The van der Waals surface area contributed by atoms with Gasteiger partial charge in [0.1, 0.15) is 22.9 Å². The van der Waals surface area contributed by atoms with Crippen molar-refractivity contribution in [3.05, 3.63) is 16.5 Å². The molecular formula is C11H15BrN4O2. The lowest BCUT2D eigenvalue weighted by Gasteiger charge is -2.07. The van der Waals surface area contributed by atoms with Crippen LogP contribution in [0.1, 0.15) is 24.6 Å². The number of aromatic nitrogens is 2. The molecule has 3 N–H and O–H groups in total. The van der Waals surface area contributed by atoms with Crippen LogP contribution >= 0.6 is 15.9 Å². The third-order valence-corrected chi connectivity index (χ3v) is 2.86. The van der Waals surface area contributed by atoms with Crippen molar-refractivity contribution in [1.29, 1.82) is 0 Å². The van der Waals surface area contributed by atoms with Crippen LogP contribution in [0, 0.1) is 0 Å². The van der Waals surface area contributed by atoms with Gasteiger partial charge in [-0.1, -0.05) is 0 Å². The number of hydrogen-bond donors (Lipinski definition) is 2. The van der Waals surface area contributed by atoms with Crippen LogP contribution in [0.4, 0.5) is 5.82 Å². The first-order valence-electron chi connectivity index (χ1n) is 5.79. The van der Waals surface area contributed by atoms with Gasteiger partial charge in [0.15, 0.2) is 0 Å². The van der Waals surface area contributed by atoms with Gasteiger partial charge in [-0.25, -0.2) is 9.97 Å². The van der Waals surface area contributed by atoms with Crippen molar-refractivity contribution in [2.45, 2.75) is 18.8 Å². The Morgan fingerprint density at radius 2 is 2.33 bits per heavy atom. The summed E-state index contributed by atoms with van der Waals surface area (Å²) in [7, 11) is 0. The summed E-state index contributed by atoms with van der Waals surface area (Å²) in [6, 6.07) is 1.82. The van der Waals surface area contributed by atoms with Crippen LogP contribution in [-0.4, -0.2) is 35.6 Å². The maximum absolute atomic E-state index is 10.5. The van der Waals surface area contributed by atoms with Crippen LogP contribution in [0.15, 0.2) is 10.7 Å². The van der Waals surface area contributed by atoms with E-state index in [2.05, 4.69) is 31.2 Å². The highest BCUT2D eigenvalue weighted by Gasteiger charge is 2.27. The van der Waals surface area contributed by atoms with Crippen LogP contribution in [0.3, 0.4) is 0 Å². The molecule has 1 saturated carbocycles. The van der Waals surface area contributed by atoms with Crippen LogP contribution in [0.2, 0.25) is 0 Å². The number of amides is 1. The number of nitrogens with zero attached hydrogens (tertiary/aromatic N) is 2. The minimum absolute atomic E-state index is 0.0531. The fourth-order valence-electron chi connectivity index (χ4n) is 1.47. The lowest BCUT2D eigenvalue weighted by atomic mass is 10.4. The normalized spacial score (nSPS) is 14.5. The Morgan fingerprint density at radius 3 is 3.00 bits per heavy atom. The van der Waals surface area contributed by atoms with Crippen molar-refractivity contribution in [1.82, 2.24) is 9.97 Å². The second-order valence-electron chi connectivity index (χ2n) is 4.15. The predicted octanol–water partition coefficient (Wildman–Crippen LogP) is 1.03. The van der Waals surface area contributed by atoms with E-state index >= 15 is 0 Å². The van der Waals surface area contributed by atoms with Crippen molar-refractivity contribution >= 4 is 27.7 Å². The van der Waals surface area contributed by atoms with Crippen molar-refractivity contribution in [2.75, 3.05) is 25.1 Å². The van der Waals surface area contributed by atoms with Gasteiger partial charge in [0.2, 0.25) is 5.91 Å². The lowest BCUT2D eigenvalue weighted by Crippen LogP contribution is -2.20. The molecule has 0 atom stereocenters. The lowest BCUT2D eigenvalue weighted by molar-refractivity contribution is -0.122. The molecule has 1 aromatic rings. The molecule has 1 aromatic heterocycles. The average molecular weight is 315 g/mol. The molecule has 1 amide bonds. The first-order chi connectivity index (χ1) is 8.65. The number of halogens is 1. The van der Waals surface area contributed by atoms with E-state index in [1.165, 1.54) is 0 Å². The number of rotatable bonds is 7. The van der Waals surface area contributed by atoms with Crippen molar-refractivity contribution < 1.29 is 9.53 Å². The van der Waals surface area contributed by atoms with Crippen LogP contribution in [0.25, 0.3) is 0 Å². The second kappa shape index (κ2) is 6.10. The average Bonchev–Trinajstić information content (AvgIpc) is 3.11. The number of carbonyl (C=O) groups is 1. The SMILES string of the molecule is NC(=O)COCCNc1cc(Br)nc(C2CC2)n1. The Kier molecular flexibility index (Phi) is 4.48. The third kappa shape index (κ3) is 4.23. The molecule has 2 rings (SSSR count). The maximum atomic E-state index is 10.5. The Hall–Kier alpha value is -1.21. The van der Waals surface area contributed by atoms with Gasteiger partial charge in [-0.2, -0.15) is 0 Å². The maximum Gasteiger partial charge on any atom is 0.243 e. The van der Waals surface area contributed by atoms with E-state index in [1.807, 2.05) is 6.07 Å². The number of nitrogens with two attached hydrogens (primary N) is 1. The zero-order valence-electron chi connectivity index (χ0n) is 9.86. The fraction of sp³-hybridized carbons (Fsp3) is 0.545. The Bertz CT molecular complexity index is 437. The minimum atomic E-state index is -0.462. The molecule has 1 fully saturated rings. The zero-order valence-corrected chi connectivity index (χ0v) is 11.4. The van der Waals surface area contributed by atoms with Crippen LogP contribution < -0.4 is 11.1 Å². The van der Waals surface area contributed by atoms with E-state index in [0.717, 1.165) is 29.1 Å². The molecule has 0 unspecified atom stereocenters. The van der Waals surface area contributed by atoms with Crippen LogP contribution in [-0.2, 0) is 9.53 Å². The van der Waals surface area contributed by atoms with Crippen molar-refractivity contribution in [3.63, 3.8) is 0 Å². The van der Waals surface area contributed by atoms with Gasteiger partial charge in [-0.05, 0) is 28.8 Å². The molecule has 0 saturated heterocycles. The Morgan fingerprint density at radius 1 is 1.56 bits per heavy atom. The Balaban J connectivity index is 1.79. The number of anilines is 1. The van der Waals surface area contributed by atoms with E-state index in [-0.39, 0.29) is 6.61 Å². The molecule has 6 nitrogen and oxygen atoms in total. The molecule has 1 aliphatic rings. The number of nitrogens with one attached hydrogen (secondary N) is 1. The third-order valence-electron chi connectivity index (χ3n) is 2.45. The van der Waals surface area contributed by atoms with Gasteiger partial charge in [0, 0.05) is 18.5 Å².